The van der Waals surface area contributed by atoms with E-state index in [2.05, 4.69) is 34.3 Å². The second kappa shape index (κ2) is 4.74. The summed E-state index contributed by atoms with van der Waals surface area (Å²) >= 11 is 1.89. The van der Waals surface area contributed by atoms with Crippen molar-refractivity contribution in [2.45, 2.75) is 29.0 Å². The van der Waals surface area contributed by atoms with Crippen molar-refractivity contribution in [2.24, 2.45) is 12.8 Å². The van der Waals surface area contributed by atoms with Gasteiger partial charge in [0.1, 0.15) is 12.2 Å². The van der Waals surface area contributed by atoms with E-state index in [1.807, 2.05) is 18.8 Å². The van der Waals surface area contributed by atoms with Gasteiger partial charge in [-0.25, -0.2) is 4.98 Å². The molecular formula is C13H16N4S. The molecule has 0 saturated carbocycles. The van der Waals surface area contributed by atoms with Gasteiger partial charge in [0, 0.05) is 29.7 Å². The molecular weight excluding hydrogens is 244 g/mol. The molecule has 1 aliphatic rings. The quantitative estimate of drug-likeness (QED) is 0.906. The van der Waals surface area contributed by atoms with Crippen molar-refractivity contribution in [3.05, 3.63) is 42.0 Å². The van der Waals surface area contributed by atoms with E-state index in [1.165, 1.54) is 10.5 Å². The van der Waals surface area contributed by atoms with Crippen LogP contribution in [0.1, 0.15) is 11.4 Å². The predicted octanol–water partition coefficient (Wildman–Crippen LogP) is 1.40. The Morgan fingerprint density at radius 3 is 3.06 bits per heavy atom. The fourth-order valence-corrected chi connectivity index (χ4v) is 3.61. The number of rotatable bonds is 3. The first kappa shape index (κ1) is 11.7. The lowest BCUT2D eigenvalue weighted by atomic mass is 10.0. The Kier molecular flexibility index (Phi) is 3.09. The Balaban J connectivity index is 1.69. The number of hydrogen-bond donors (Lipinski definition) is 1. The van der Waals surface area contributed by atoms with Crippen LogP contribution < -0.4 is 5.73 Å². The third kappa shape index (κ3) is 2.15. The molecule has 2 atom stereocenters. The van der Waals surface area contributed by atoms with E-state index >= 15 is 0 Å². The number of thioether (sulfide) groups is 1. The minimum Gasteiger partial charge on any atom is -0.326 e. The van der Waals surface area contributed by atoms with Gasteiger partial charge in [0.2, 0.25) is 0 Å². The van der Waals surface area contributed by atoms with Crippen molar-refractivity contribution in [1.29, 1.82) is 0 Å². The van der Waals surface area contributed by atoms with Crippen molar-refractivity contribution in [1.82, 2.24) is 14.8 Å². The Labute approximate surface area is 111 Å². The van der Waals surface area contributed by atoms with E-state index in [4.69, 9.17) is 5.73 Å². The molecule has 2 N–H and O–H groups in total. The topological polar surface area (TPSA) is 56.7 Å². The molecule has 18 heavy (non-hydrogen) atoms. The number of hydrogen-bond acceptors (Lipinski definition) is 4. The van der Waals surface area contributed by atoms with Crippen LogP contribution in [-0.2, 0) is 19.9 Å². The molecule has 0 radical (unpaired) electrons. The smallest absolute Gasteiger partial charge is 0.138 e. The van der Waals surface area contributed by atoms with Crippen LogP contribution in [-0.4, -0.2) is 26.1 Å². The summed E-state index contributed by atoms with van der Waals surface area (Å²) in [6, 6.07) is 8.66. The van der Waals surface area contributed by atoms with Gasteiger partial charge in [0.05, 0.1) is 0 Å². The van der Waals surface area contributed by atoms with Crippen molar-refractivity contribution in [3.63, 3.8) is 0 Å². The van der Waals surface area contributed by atoms with Crippen molar-refractivity contribution in [3.8, 4) is 0 Å². The molecule has 0 amide bonds. The fraction of sp³-hybridized carbons (Fsp3) is 0.385. The molecule has 5 heteroatoms. The molecule has 1 aromatic heterocycles. The first-order valence-corrected chi connectivity index (χ1v) is 6.95. The van der Waals surface area contributed by atoms with Crippen molar-refractivity contribution in [2.75, 3.05) is 0 Å². The predicted molar refractivity (Wildman–Crippen MR) is 72.5 cm³/mol. The number of fused-ring (bicyclic) bond motifs is 1. The van der Waals surface area contributed by atoms with Gasteiger partial charge in [-0.2, -0.15) is 5.10 Å². The highest BCUT2D eigenvalue weighted by Gasteiger charge is 2.27. The summed E-state index contributed by atoms with van der Waals surface area (Å²) in [5.74, 6) is 0.957. The summed E-state index contributed by atoms with van der Waals surface area (Å²) < 4.78 is 1.80. The highest BCUT2D eigenvalue weighted by Crippen LogP contribution is 2.38. The van der Waals surface area contributed by atoms with Gasteiger partial charge in [-0.15, -0.1) is 11.8 Å². The van der Waals surface area contributed by atoms with E-state index in [0.29, 0.717) is 5.25 Å². The molecule has 4 nitrogen and oxygen atoms in total. The molecule has 0 aliphatic carbocycles. The van der Waals surface area contributed by atoms with Gasteiger partial charge in [0.15, 0.2) is 0 Å². The van der Waals surface area contributed by atoms with Crippen LogP contribution in [0.2, 0.25) is 0 Å². The highest BCUT2D eigenvalue weighted by atomic mass is 32.2. The Hall–Kier alpha value is -1.33. The third-order valence-corrected chi connectivity index (χ3v) is 4.84. The molecule has 2 unspecified atom stereocenters. The largest absolute Gasteiger partial charge is 0.326 e. The minimum absolute atomic E-state index is 0.116. The van der Waals surface area contributed by atoms with Gasteiger partial charge in [-0.1, -0.05) is 18.2 Å². The van der Waals surface area contributed by atoms with E-state index in [-0.39, 0.29) is 6.04 Å². The van der Waals surface area contributed by atoms with Crippen molar-refractivity contribution < 1.29 is 0 Å². The normalized spacial score (nSPS) is 19.8. The maximum atomic E-state index is 6.32. The van der Waals surface area contributed by atoms with E-state index in [0.717, 1.165) is 18.7 Å². The fourth-order valence-electron chi connectivity index (χ4n) is 2.29. The van der Waals surface area contributed by atoms with Gasteiger partial charge in [-0.05, 0) is 18.1 Å². The van der Waals surface area contributed by atoms with Crippen LogP contribution in [0.25, 0.3) is 0 Å². The molecule has 94 valence electrons. The van der Waals surface area contributed by atoms with Gasteiger partial charge < -0.3 is 5.73 Å². The number of aromatic nitrogens is 3. The summed E-state index contributed by atoms with van der Waals surface area (Å²) in [5.41, 5.74) is 7.73. The van der Waals surface area contributed by atoms with Crippen LogP contribution in [0, 0.1) is 0 Å². The molecule has 2 heterocycles. The maximum Gasteiger partial charge on any atom is 0.138 e. The SMILES string of the molecule is Cn1ncnc1CC(N)C1Cc2ccccc2S1. The van der Waals surface area contributed by atoms with Gasteiger partial charge in [0.25, 0.3) is 0 Å². The van der Waals surface area contributed by atoms with Crippen LogP contribution in [0.5, 0.6) is 0 Å². The number of nitrogens with two attached hydrogens (primary N) is 1. The molecule has 1 aliphatic heterocycles. The van der Waals surface area contributed by atoms with Crippen LogP contribution in [0.4, 0.5) is 0 Å². The minimum atomic E-state index is 0.116. The molecule has 1 aromatic carbocycles. The second-order valence-electron chi connectivity index (χ2n) is 4.64. The second-order valence-corrected chi connectivity index (χ2v) is 5.92. The van der Waals surface area contributed by atoms with Gasteiger partial charge >= 0.3 is 0 Å². The summed E-state index contributed by atoms with van der Waals surface area (Å²) in [5, 5.41) is 4.52. The number of benzene rings is 1. The van der Waals surface area contributed by atoms with Crippen LogP contribution in [0.15, 0.2) is 35.5 Å². The lowest BCUT2D eigenvalue weighted by molar-refractivity contribution is 0.585. The van der Waals surface area contributed by atoms with Gasteiger partial charge in [-0.3, -0.25) is 4.68 Å². The van der Waals surface area contributed by atoms with Crippen LogP contribution in [0.3, 0.4) is 0 Å². The lowest BCUT2D eigenvalue weighted by Gasteiger charge is -2.17. The summed E-state index contributed by atoms with van der Waals surface area (Å²) in [4.78, 5) is 5.61. The summed E-state index contributed by atoms with van der Waals surface area (Å²) in [6.07, 6.45) is 3.42. The third-order valence-electron chi connectivity index (χ3n) is 3.37. The zero-order chi connectivity index (χ0) is 12.5. The first-order valence-electron chi connectivity index (χ1n) is 6.07. The number of aryl methyl sites for hydroxylation is 1. The zero-order valence-corrected chi connectivity index (χ0v) is 11.1. The molecule has 0 bridgehead atoms. The van der Waals surface area contributed by atoms with E-state index in [1.54, 1.807) is 11.0 Å². The molecule has 0 spiro atoms. The standard InChI is InChI=1S/C13H16N4S/c1-17-13(15-8-16-17)7-10(14)12-6-9-4-2-3-5-11(9)18-12/h2-5,8,10,12H,6-7,14H2,1H3. The zero-order valence-electron chi connectivity index (χ0n) is 10.3. The first-order chi connectivity index (χ1) is 8.74. The molecule has 2 aromatic rings. The van der Waals surface area contributed by atoms with Crippen LogP contribution >= 0.6 is 11.8 Å². The maximum absolute atomic E-state index is 6.32. The number of nitrogens with zero attached hydrogens (tertiary/aromatic N) is 3. The summed E-state index contributed by atoms with van der Waals surface area (Å²) in [6.45, 7) is 0. The average Bonchev–Trinajstić information content (AvgIpc) is 2.96. The highest BCUT2D eigenvalue weighted by molar-refractivity contribution is 8.00. The Morgan fingerprint density at radius 1 is 1.50 bits per heavy atom. The molecule has 0 fully saturated rings. The van der Waals surface area contributed by atoms with E-state index in [9.17, 15) is 0 Å². The van der Waals surface area contributed by atoms with Crippen molar-refractivity contribution >= 4 is 11.8 Å². The average molecular weight is 260 g/mol. The molecule has 3 rings (SSSR count). The molecule has 0 saturated heterocycles. The Morgan fingerprint density at radius 2 is 2.33 bits per heavy atom. The monoisotopic (exact) mass is 260 g/mol. The Bertz CT molecular complexity index is 526. The lowest BCUT2D eigenvalue weighted by Crippen LogP contribution is -2.35. The summed E-state index contributed by atoms with van der Waals surface area (Å²) in [7, 11) is 1.91. The van der Waals surface area contributed by atoms with E-state index < -0.39 is 0 Å².